The second kappa shape index (κ2) is 8.12. The minimum Gasteiger partial charge on any atom is -0.457 e. The van der Waals surface area contributed by atoms with E-state index in [0.29, 0.717) is 17.1 Å². The summed E-state index contributed by atoms with van der Waals surface area (Å²) in [4.78, 5) is 37.5. The van der Waals surface area contributed by atoms with Crippen LogP contribution in [0, 0.1) is 5.82 Å². The average molecular weight is 421 g/mol. The van der Waals surface area contributed by atoms with E-state index in [-0.39, 0.29) is 22.8 Å². The van der Waals surface area contributed by atoms with Gasteiger partial charge in [0.15, 0.2) is 5.78 Å². The van der Waals surface area contributed by atoms with Gasteiger partial charge in [0.25, 0.3) is 11.1 Å². The number of thioether (sulfide) groups is 1. The van der Waals surface area contributed by atoms with E-state index in [1.807, 2.05) is 0 Å². The van der Waals surface area contributed by atoms with Crippen molar-refractivity contribution < 1.29 is 23.2 Å². The van der Waals surface area contributed by atoms with E-state index in [1.165, 1.54) is 19.1 Å². The summed E-state index contributed by atoms with van der Waals surface area (Å²) in [5.41, 5.74) is 1.66. The Kier molecular flexibility index (Phi) is 5.37. The van der Waals surface area contributed by atoms with Crippen molar-refractivity contribution >= 4 is 34.8 Å². The minimum absolute atomic E-state index is 0.0206. The number of nitrogens with zero attached hydrogens (tertiary/aromatic N) is 1. The van der Waals surface area contributed by atoms with Crippen molar-refractivity contribution in [2.24, 2.45) is 0 Å². The summed E-state index contributed by atoms with van der Waals surface area (Å²) in [5, 5.41) is -0.457. The number of halogens is 1. The third-order valence-electron chi connectivity index (χ3n) is 4.64. The summed E-state index contributed by atoms with van der Waals surface area (Å²) in [6.07, 6.45) is 1.50. The van der Waals surface area contributed by atoms with E-state index in [4.69, 9.17) is 4.42 Å². The van der Waals surface area contributed by atoms with Crippen LogP contribution in [0.1, 0.15) is 28.6 Å². The van der Waals surface area contributed by atoms with E-state index < -0.39 is 17.0 Å². The van der Waals surface area contributed by atoms with E-state index in [1.54, 1.807) is 54.6 Å². The van der Waals surface area contributed by atoms with Crippen LogP contribution in [0.4, 0.5) is 9.18 Å². The smallest absolute Gasteiger partial charge is 0.293 e. The Morgan fingerprint density at radius 3 is 2.50 bits per heavy atom. The second-order valence-electron chi connectivity index (χ2n) is 6.69. The first kappa shape index (κ1) is 19.8. The molecule has 5 nitrogen and oxygen atoms in total. The zero-order valence-electron chi connectivity index (χ0n) is 15.9. The lowest BCUT2D eigenvalue weighted by Crippen LogP contribution is -2.27. The molecule has 2 heterocycles. The highest BCUT2D eigenvalue weighted by Crippen LogP contribution is 2.34. The van der Waals surface area contributed by atoms with E-state index in [9.17, 15) is 18.8 Å². The molecule has 0 saturated carbocycles. The largest absolute Gasteiger partial charge is 0.457 e. The number of amides is 2. The van der Waals surface area contributed by atoms with Crippen molar-refractivity contribution in [3.8, 4) is 11.3 Å². The minimum atomic E-state index is -0.489. The van der Waals surface area contributed by atoms with Crippen molar-refractivity contribution in [2.45, 2.75) is 13.5 Å². The summed E-state index contributed by atoms with van der Waals surface area (Å²) < 4.78 is 19.6. The molecule has 3 aromatic rings. The first-order chi connectivity index (χ1) is 14.4. The fourth-order valence-electron chi connectivity index (χ4n) is 3.02. The number of carbonyl (C=O) groups is 3. The fourth-order valence-corrected chi connectivity index (χ4v) is 3.84. The Morgan fingerprint density at radius 2 is 1.80 bits per heavy atom. The van der Waals surface area contributed by atoms with Crippen LogP contribution in [0.5, 0.6) is 0 Å². The molecule has 0 atom stereocenters. The summed E-state index contributed by atoms with van der Waals surface area (Å²) in [6.45, 7) is 1.37. The SMILES string of the molecule is CC(=O)c1ccc(-c2ccc(/C=C3/SC(=O)N(Cc4ccccc4F)C3=O)o2)cc1. The van der Waals surface area contributed by atoms with Crippen LogP contribution in [-0.4, -0.2) is 21.8 Å². The number of rotatable bonds is 5. The lowest BCUT2D eigenvalue weighted by atomic mass is 10.1. The molecule has 30 heavy (non-hydrogen) atoms. The van der Waals surface area contributed by atoms with Crippen molar-refractivity contribution in [2.75, 3.05) is 0 Å². The maximum absolute atomic E-state index is 13.9. The number of furan rings is 1. The van der Waals surface area contributed by atoms with Crippen LogP contribution in [0.15, 0.2) is 70.0 Å². The normalized spacial score (nSPS) is 15.3. The number of hydrogen-bond acceptors (Lipinski definition) is 5. The number of carbonyl (C=O) groups excluding carboxylic acids is 3. The maximum Gasteiger partial charge on any atom is 0.293 e. The van der Waals surface area contributed by atoms with Gasteiger partial charge in [0.05, 0.1) is 11.4 Å². The molecular formula is C23H16FNO4S. The summed E-state index contributed by atoms with van der Waals surface area (Å²) >= 11 is 0.791. The van der Waals surface area contributed by atoms with Crippen LogP contribution in [0.2, 0.25) is 0 Å². The predicted octanol–water partition coefficient (Wildman–Crippen LogP) is 5.52. The van der Waals surface area contributed by atoms with Gasteiger partial charge in [-0.1, -0.05) is 42.5 Å². The average Bonchev–Trinajstić information content (AvgIpc) is 3.30. The van der Waals surface area contributed by atoms with Gasteiger partial charge < -0.3 is 4.42 Å². The van der Waals surface area contributed by atoms with Gasteiger partial charge in [0.2, 0.25) is 0 Å². The van der Waals surface area contributed by atoms with Gasteiger partial charge in [0.1, 0.15) is 17.3 Å². The summed E-state index contributed by atoms with van der Waals surface area (Å²) in [5.74, 6) is 0.00998. The van der Waals surface area contributed by atoms with Crippen LogP contribution in [0.25, 0.3) is 17.4 Å². The lowest BCUT2D eigenvalue weighted by molar-refractivity contribution is -0.123. The highest BCUT2D eigenvalue weighted by Gasteiger charge is 2.35. The van der Waals surface area contributed by atoms with Crippen molar-refractivity contribution in [1.82, 2.24) is 4.90 Å². The Bertz CT molecular complexity index is 1180. The van der Waals surface area contributed by atoms with Crippen molar-refractivity contribution in [3.05, 3.63) is 88.3 Å². The number of Topliss-reactive ketones (excluding diaryl/α,β-unsaturated/α-hetero) is 1. The first-order valence-corrected chi connectivity index (χ1v) is 9.94. The number of ketones is 1. The Hall–Kier alpha value is -3.45. The summed E-state index contributed by atoms with van der Waals surface area (Å²) in [7, 11) is 0. The molecule has 1 aromatic heterocycles. The quantitative estimate of drug-likeness (QED) is 0.401. The lowest BCUT2D eigenvalue weighted by Gasteiger charge is -2.12. The molecule has 1 aliphatic heterocycles. The molecule has 1 fully saturated rings. The molecule has 0 unspecified atom stereocenters. The van der Waals surface area contributed by atoms with Gasteiger partial charge in [-0.05, 0) is 36.9 Å². The third-order valence-corrected chi connectivity index (χ3v) is 5.54. The molecular weight excluding hydrogens is 405 g/mol. The van der Waals surface area contributed by atoms with Gasteiger partial charge in [0, 0.05) is 22.8 Å². The molecule has 0 spiro atoms. The highest BCUT2D eigenvalue weighted by molar-refractivity contribution is 8.18. The second-order valence-corrected chi connectivity index (χ2v) is 7.69. The Labute approximate surface area is 176 Å². The molecule has 1 saturated heterocycles. The molecule has 150 valence electrons. The van der Waals surface area contributed by atoms with Gasteiger partial charge in [-0.25, -0.2) is 4.39 Å². The third kappa shape index (κ3) is 3.97. The molecule has 0 N–H and O–H groups in total. The van der Waals surface area contributed by atoms with E-state index in [2.05, 4.69) is 0 Å². The molecule has 0 radical (unpaired) electrons. The molecule has 0 aliphatic carbocycles. The Balaban J connectivity index is 1.53. The van der Waals surface area contributed by atoms with Crippen LogP contribution in [0.3, 0.4) is 0 Å². The molecule has 2 amide bonds. The van der Waals surface area contributed by atoms with Crippen LogP contribution >= 0.6 is 11.8 Å². The molecule has 4 rings (SSSR count). The number of hydrogen-bond donors (Lipinski definition) is 0. The van der Waals surface area contributed by atoms with E-state index >= 15 is 0 Å². The van der Waals surface area contributed by atoms with Crippen LogP contribution in [-0.2, 0) is 11.3 Å². The zero-order valence-corrected chi connectivity index (χ0v) is 16.7. The first-order valence-electron chi connectivity index (χ1n) is 9.12. The monoisotopic (exact) mass is 421 g/mol. The topological polar surface area (TPSA) is 67.6 Å². The fraction of sp³-hybridized carbons (Fsp3) is 0.0870. The zero-order chi connectivity index (χ0) is 21.3. The number of imide groups is 1. The van der Waals surface area contributed by atoms with Gasteiger partial charge in [-0.15, -0.1) is 0 Å². The number of benzene rings is 2. The maximum atomic E-state index is 13.9. The van der Waals surface area contributed by atoms with Gasteiger partial charge in [-0.3, -0.25) is 19.3 Å². The molecule has 1 aliphatic rings. The molecule has 0 bridgehead atoms. The van der Waals surface area contributed by atoms with Crippen LogP contribution < -0.4 is 0 Å². The van der Waals surface area contributed by atoms with Gasteiger partial charge in [-0.2, -0.15) is 0 Å². The van der Waals surface area contributed by atoms with E-state index in [0.717, 1.165) is 22.2 Å². The Morgan fingerprint density at radius 1 is 1.07 bits per heavy atom. The van der Waals surface area contributed by atoms with Gasteiger partial charge >= 0.3 is 0 Å². The van der Waals surface area contributed by atoms with Crippen molar-refractivity contribution in [3.63, 3.8) is 0 Å². The molecule has 7 heteroatoms. The molecule has 2 aromatic carbocycles. The van der Waals surface area contributed by atoms with Crippen molar-refractivity contribution in [1.29, 1.82) is 0 Å². The highest BCUT2D eigenvalue weighted by atomic mass is 32.2. The standard InChI is InChI=1S/C23H16FNO4S/c1-14(26)15-6-8-16(9-7-15)20-11-10-18(29-20)12-21-22(27)25(23(28)30-21)13-17-4-2-3-5-19(17)24/h2-12H,13H2,1H3/b21-12+. The summed E-state index contributed by atoms with van der Waals surface area (Å²) in [6, 6.07) is 16.5. The predicted molar refractivity (Wildman–Crippen MR) is 112 cm³/mol.